The highest BCUT2D eigenvalue weighted by Gasteiger charge is 2.15. The Balaban J connectivity index is 2.15. The topological polar surface area (TPSA) is 66.4 Å². The minimum Gasteiger partial charge on any atom is -0.477 e. The molecule has 2 N–H and O–H groups in total. The molecule has 0 aromatic heterocycles. The number of rotatable bonds is 3. The molecule has 0 saturated heterocycles. The second kappa shape index (κ2) is 4.41. The van der Waals surface area contributed by atoms with Gasteiger partial charge in [-0.2, -0.15) is 0 Å². The third kappa shape index (κ3) is 2.36. The highest BCUT2D eigenvalue weighted by molar-refractivity contribution is 6.00. The first-order valence-corrected chi connectivity index (χ1v) is 5.43. The minimum absolute atomic E-state index is 0.310. The van der Waals surface area contributed by atoms with E-state index >= 15 is 0 Å². The molecular formula is C13H13NO3. The summed E-state index contributed by atoms with van der Waals surface area (Å²) in [5.74, 6) is -1.65. The fraction of sp³-hybridized carbons (Fsp3) is 0.231. The molecule has 4 nitrogen and oxygen atoms in total. The Kier molecular flexibility index (Phi) is 2.95. The van der Waals surface area contributed by atoms with Crippen LogP contribution >= 0.6 is 0 Å². The van der Waals surface area contributed by atoms with Gasteiger partial charge in [-0.25, -0.2) is 4.79 Å². The van der Waals surface area contributed by atoms with Crippen LogP contribution in [0.3, 0.4) is 0 Å². The Labute approximate surface area is 99.0 Å². The van der Waals surface area contributed by atoms with Crippen LogP contribution in [0, 0.1) is 0 Å². The van der Waals surface area contributed by atoms with Gasteiger partial charge >= 0.3 is 5.97 Å². The van der Waals surface area contributed by atoms with Crippen molar-refractivity contribution in [1.29, 1.82) is 0 Å². The normalized spacial score (nSPS) is 12.9. The van der Waals surface area contributed by atoms with Crippen molar-refractivity contribution in [3.8, 4) is 0 Å². The van der Waals surface area contributed by atoms with Crippen molar-refractivity contribution in [2.75, 3.05) is 0 Å². The second-order valence-corrected chi connectivity index (χ2v) is 4.07. The van der Waals surface area contributed by atoms with Gasteiger partial charge in [0.05, 0.1) is 0 Å². The van der Waals surface area contributed by atoms with E-state index in [9.17, 15) is 9.59 Å². The second-order valence-electron chi connectivity index (χ2n) is 4.07. The standard InChI is InChI=1S/C13H13NO3/c1-8(13(16)17)14-12(15)11-6-5-9-3-2-4-10(9)7-11/h5-7H,1-4H2,(H,14,15)(H,16,17). The van der Waals surface area contributed by atoms with Gasteiger partial charge in [-0.1, -0.05) is 12.6 Å². The number of carbonyl (C=O) groups excluding carboxylic acids is 1. The first-order valence-electron chi connectivity index (χ1n) is 5.43. The number of hydrogen-bond donors (Lipinski definition) is 2. The molecule has 0 unspecified atom stereocenters. The predicted octanol–water partition coefficient (Wildman–Crippen LogP) is 1.50. The summed E-state index contributed by atoms with van der Waals surface area (Å²) in [7, 11) is 0. The van der Waals surface area contributed by atoms with Crippen LogP contribution in [-0.2, 0) is 17.6 Å². The molecule has 1 aromatic carbocycles. The number of hydrogen-bond acceptors (Lipinski definition) is 2. The third-order valence-corrected chi connectivity index (χ3v) is 2.88. The van der Waals surface area contributed by atoms with Gasteiger partial charge < -0.3 is 10.4 Å². The van der Waals surface area contributed by atoms with Gasteiger partial charge in [0.25, 0.3) is 5.91 Å². The number of amides is 1. The average molecular weight is 231 g/mol. The minimum atomic E-state index is -1.22. The molecule has 88 valence electrons. The zero-order valence-corrected chi connectivity index (χ0v) is 9.32. The Morgan fingerprint density at radius 2 is 1.94 bits per heavy atom. The number of fused-ring (bicyclic) bond motifs is 1. The summed E-state index contributed by atoms with van der Waals surface area (Å²) in [6.07, 6.45) is 3.15. The van der Waals surface area contributed by atoms with Crippen molar-refractivity contribution in [2.24, 2.45) is 0 Å². The Morgan fingerprint density at radius 1 is 1.24 bits per heavy atom. The molecule has 0 spiro atoms. The number of carbonyl (C=O) groups is 2. The highest BCUT2D eigenvalue weighted by Crippen LogP contribution is 2.22. The van der Waals surface area contributed by atoms with E-state index in [1.165, 1.54) is 11.1 Å². The summed E-state index contributed by atoms with van der Waals surface area (Å²) in [4.78, 5) is 22.3. The summed E-state index contributed by atoms with van der Waals surface area (Å²) < 4.78 is 0. The molecule has 1 aliphatic rings. The van der Waals surface area contributed by atoms with E-state index in [2.05, 4.69) is 11.9 Å². The molecule has 0 aliphatic heterocycles. The first-order chi connectivity index (χ1) is 8.08. The van der Waals surface area contributed by atoms with Crippen molar-refractivity contribution in [1.82, 2.24) is 5.32 Å². The molecule has 1 aromatic rings. The Bertz CT molecular complexity index is 505. The van der Waals surface area contributed by atoms with Crippen molar-refractivity contribution < 1.29 is 14.7 Å². The van der Waals surface area contributed by atoms with Gasteiger partial charge in [0.2, 0.25) is 0 Å². The zero-order chi connectivity index (χ0) is 12.4. The fourth-order valence-electron chi connectivity index (χ4n) is 1.98. The number of carboxylic acid groups (broad SMARTS) is 1. The van der Waals surface area contributed by atoms with Gasteiger partial charge in [0.1, 0.15) is 5.70 Å². The molecule has 0 fully saturated rings. The molecule has 0 radical (unpaired) electrons. The summed E-state index contributed by atoms with van der Waals surface area (Å²) in [5, 5.41) is 10.9. The van der Waals surface area contributed by atoms with Crippen LogP contribution in [0.15, 0.2) is 30.5 Å². The third-order valence-electron chi connectivity index (χ3n) is 2.88. The molecule has 0 heterocycles. The first kappa shape index (κ1) is 11.4. The summed E-state index contributed by atoms with van der Waals surface area (Å²) in [6, 6.07) is 5.47. The fourth-order valence-corrected chi connectivity index (χ4v) is 1.98. The zero-order valence-electron chi connectivity index (χ0n) is 9.32. The van der Waals surface area contributed by atoms with Crippen LogP contribution in [-0.4, -0.2) is 17.0 Å². The average Bonchev–Trinajstić information content (AvgIpc) is 2.75. The number of aliphatic carboxylic acids is 1. The van der Waals surface area contributed by atoms with Crippen LogP contribution in [0.1, 0.15) is 27.9 Å². The quantitative estimate of drug-likeness (QED) is 0.775. The van der Waals surface area contributed by atoms with Crippen LogP contribution < -0.4 is 5.32 Å². The monoisotopic (exact) mass is 231 g/mol. The maximum absolute atomic E-state index is 11.7. The Morgan fingerprint density at radius 3 is 2.65 bits per heavy atom. The SMILES string of the molecule is C=C(NC(=O)c1ccc2c(c1)CCC2)C(=O)O. The van der Waals surface area contributed by atoms with E-state index in [0.717, 1.165) is 19.3 Å². The lowest BCUT2D eigenvalue weighted by Gasteiger charge is -2.06. The molecule has 0 bridgehead atoms. The van der Waals surface area contributed by atoms with E-state index in [1.54, 1.807) is 6.07 Å². The molecule has 1 amide bonds. The van der Waals surface area contributed by atoms with Gasteiger partial charge in [-0.05, 0) is 42.5 Å². The summed E-state index contributed by atoms with van der Waals surface area (Å²) >= 11 is 0. The van der Waals surface area contributed by atoms with Crippen molar-refractivity contribution in [3.05, 3.63) is 47.2 Å². The summed E-state index contributed by atoms with van der Waals surface area (Å²) in [5.41, 5.74) is 2.63. The lowest BCUT2D eigenvalue weighted by Crippen LogP contribution is -2.26. The van der Waals surface area contributed by atoms with Gasteiger partial charge in [-0.3, -0.25) is 4.79 Å². The van der Waals surface area contributed by atoms with E-state index < -0.39 is 11.9 Å². The predicted molar refractivity (Wildman–Crippen MR) is 62.7 cm³/mol. The molecule has 2 rings (SSSR count). The van der Waals surface area contributed by atoms with Crippen molar-refractivity contribution in [2.45, 2.75) is 19.3 Å². The molecule has 0 atom stereocenters. The lowest BCUT2D eigenvalue weighted by atomic mass is 10.1. The molecule has 1 aliphatic carbocycles. The lowest BCUT2D eigenvalue weighted by molar-refractivity contribution is -0.132. The number of benzene rings is 1. The van der Waals surface area contributed by atoms with E-state index in [0.29, 0.717) is 5.56 Å². The number of carboxylic acids is 1. The smallest absolute Gasteiger partial charge is 0.351 e. The molecule has 17 heavy (non-hydrogen) atoms. The van der Waals surface area contributed by atoms with Crippen LogP contribution in [0.4, 0.5) is 0 Å². The van der Waals surface area contributed by atoms with Crippen LogP contribution in [0.5, 0.6) is 0 Å². The number of nitrogens with one attached hydrogen (secondary N) is 1. The van der Waals surface area contributed by atoms with Gasteiger partial charge in [0.15, 0.2) is 0 Å². The largest absolute Gasteiger partial charge is 0.477 e. The van der Waals surface area contributed by atoms with Crippen molar-refractivity contribution in [3.63, 3.8) is 0 Å². The molecule has 4 heteroatoms. The van der Waals surface area contributed by atoms with Gasteiger partial charge in [0, 0.05) is 5.56 Å². The maximum atomic E-state index is 11.7. The van der Waals surface area contributed by atoms with Crippen molar-refractivity contribution >= 4 is 11.9 Å². The maximum Gasteiger partial charge on any atom is 0.351 e. The van der Waals surface area contributed by atoms with Crippen LogP contribution in [0.25, 0.3) is 0 Å². The van der Waals surface area contributed by atoms with E-state index in [4.69, 9.17) is 5.11 Å². The van der Waals surface area contributed by atoms with Gasteiger partial charge in [-0.15, -0.1) is 0 Å². The van der Waals surface area contributed by atoms with E-state index in [-0.39, 0.29) is 5.70 Å². The summed E-state index contributed by atoms with van der Waals surface area (Å²) in [6.45, 7) is 3.26. The Hall–Kier alpha value is -2.10. The highest BCUT2D eigenvalue weighted by atomic mass is 16.4. The molecular weight excluding hydrogens is 218 g/mol. The molecule has 0 saturated carbocycles. The van der Waals surface area contributed by atoms with Crippen LogP contribution in [0.2, 0.25) is 0 Å². The number of aryl methyl sites for hydroxylation is 2. The van der Waals surface area contributed by atoms with E-state index in [1.807, 2.05) is 12.1 Å².